The van der Waals surface area contributed by atoms with Gasteiger partial charge >= 0.3 is 0 Å². The van der Waals surface area contributed by atoms with Gasteiger partial charge in [-0.15, -0.1) is 0 Å². The SMILES string of the molecule is COC1=C(CN(C)C)C=CCC1. The van der Waals surface area contributed by atoms with Gasteiger partial charge in [0, 0.05) is 18.5 Å². The van der Waals surface area contributed by atoms with Gasteiger partial charge in [-0.3, -0.25) is 0 Å². The van der Waals surface area contributed by atoms with Crippen molar-refractivity contribution >= 4 is 0 Å². The molecule has 0 spiro atoms. The molecule has 0 bridgehead atoms. The van der Waals surface area contributed by atoms with E-state index < -0.39 is 0 Å². The first kappa shape index (κ1) is 9.33. The maximum absolute atomic E-state index is 5.31. The van der Waals surface area contributed by atoms with Crippen molar-refractivity contribution in [2.45, 2.75) is 12.8 Å². The minimum atomic E-state index is 0.972. The predicted molar refractivity (Wildman–Crippen MR) is 51.0 cm³/mol. The van der Waals surface area contributed by atoms with Crippen molar-refractivity contribution in [2.75, 3.05) is 27.7 Å². The first-order chi connectivity index (χ1) is 5.74. The molecular weight excluding hydrogens is 150 g/mol. The molecule has 0 amide bonds. The van der Waals surface area contributed by atoms with Crippen LogP contribution in [0.1, 0.15) is 12.8 Å². The van der Waals surface area contributed by atoms with Gasteiger partial charge in [-0.25, -0.2) is 0 Å². The van der Waals surface area contributed by atoms with Gasteiger partial charge in [0.25, 0.3) is 0 Å². The minimum absolute atomic E-state index is 0.972. The fourth-order valence-electron chi connectivity index (χ4n) is 1.41. The molecular formula is C10H17NO. The Morgan fingerprint density at radius 2 is 2.25 bits per heavy atom. The van der Waals surface area contributed by atoms with E-state index in [1.54, 1.807) is 7.11 Å². The molecule has 1 rings (SSSR count). The zero-order valence-electron chi connectivity index (χ0n) is 8.13. The molecule has 0 aromatic carbocycles. The Morgan fingerprint density at radius 3 is 2.83 bits per heavy atom. The number of allylic oxidation sites excluding steroid dienone is 2. The van der Waals surface area contributed by atoms with Crippen LogP contribution in [-0.2, 0) is 4.74 Å². The van der Waals surface area contributed by atoms with E-state index in [4.69, 9.17) is 4.74 Å². The van der Waals surface area contributed by atoms with Crippen LogP contribution in [0.3, 0.4) is 0 Å². The molecule has 12 heavy (non-hydrogen) atoms. The van der Waals surface area contributed by atoms with Gasteiger partial charge in [-0.1, -0.05) is 12.2 Å². The van der Waals surface area contributed by atoms with Gasteiger partial charge < -0.3 is 9.64 Å². The average molecular weight is 167 g/mol. The number of rotatable bonds is 3. The number of likely N-dealkylation sites (N-methyl/N-ethyl adjacent to an activating group) is 1. The fraction of sp³-hybridized carbons (Fsp3) is 0.600. The van der Waals surface area contributed by atoms with E-state index in [1.807, 2.05) is 0 Å². The largest absolute Gasteiger partial charge is 0.501 e. The predicted octanol–water partition coefficient (Wildman–Crippen LogP) is 1.80. The lowest BCUT2D eigenvalue weighted by atomic mass is 10.0. The van der Waals surface area contributed by atoms with Gasteiger partial charge in [-0.2, -0.15) is 0 Å². The van der Waals surface area contributed by atoms with E-state index in [0.717, 1.165) is 25.1 Å². The van der Waals surface area contributed by atoms with Gasteiger partial charge in [-0.05, 0) is 20.5 Å². The summed E-state index contributed by atoms with van der Waals surface area (Å²) in [5.74, 6) is 1.14. The zero-order valence-corrected chi connectivity index (χ0v) is 8.13. The molecule has 0 fully saturated rings. The highest BCUT2D eigenvalue weighted by molar-refractivity contribution is 5.27. The monoisotopic (exact) mass is 167 g/mol. The summed E-state index contributed by atoms with van der Waals surface area (Å²) in [4.78, 5) is 2.16. The molecule has 68 valence electrons. The smallest absolute Gasteiger partial charge is 0.100 e. The van der Waals surface area contributed by atoms with Crippen LogP contribution in [0.2, 0.25) is 0 Å². The summed E-state index contributed by atoms with van der Waals surface area (Å²) in [5.41, 5.74) is 1.31. The molecule has 0 heterocycles. The Morgan fingerprint density at radius 1 is 1.50 bits per heavy atom. The highest BCUT2D eigenvalue weighted by Gasteiger charge is 2.08. The summed E-state index contributed by atoms with van der Waals surface area (Å²) in [6.45, 7) is 0.972. The number of nitrogens with zero attached hydrogens (tertiary/aromatic N) is 1. The Balaban J connectivity index is 2.67. The van der Waals surface area contributed by atoms with Crippen molar-refractivity contribution in [2.24, 2.45) is 0 Å². The van der Waals surface area contributed by atoms with E-state index in [1.165, 1.54) is 5.57 Å². The van der Waals surface area contributed by atoms with Gasteiger partial charge in [0.1, 0.15) is 5.76 Å². The van der Waals surface area contributed by atoms with Crippen LogP contribution < -0.4 is 0 Å². The maximum atomic E-state index is 5.31. The summed E-state index contributed by atoms with van der Waals surface area (Å²) < 4.78 is 5.31. The lowest BCUT2D eigenvalue weighted by molar-refractivity contribution is 0.268. The van der Waals surface area contributed by atoms with Crippen molar-refractivity contribution in [1.29, 1.82) is 0 Å². The summed E-state index contributed by atoms with van der Waals surface area (Å²) in [7, 11) is 5.90. The van der Waals surface area contributed by atoms with Crippen LogP contribution in [0.25, 0.3) is 0 Å². The Bertz CT molecular complexity index is 204. The lowest BCUT2D eigenvalue weighted by Crippen LogP contribution is -2.16. The molecule has 1 aliphatic rings. The molecule has 0 saturated heterocycles. The normalized spacial score (nSPS) is 17.3. The second-order valence-corrected chi connectivity index (χ2v) is 3.33. The molecule has 0 radical (unpaired) electrons. The third kappa shape index (κ3) is 2.38. The fourth-order valence-corrected chi connectivity index (χ4v) is 1.41. The van der Waals surface area contributed by atoms with E-state index in [2.05, 4.69) is 31.1 Å². The quantitative estimate of drug-likeness (QED) is 0.635. The van der Waals surface area contributed by atoms with Crippen molar-refractivity contribution in [3.8, 4) is 0 Å². The highest BCUT2D eigenvalue weighted by Crippen LogP contribution is 2.19. The molecule has 2 heteroatoms. The van der Waals surface area contributed by atoms with Crippen molar-refractivity contribution in [1.82, 2.24) is 4.90 Å². The Labute approximate surface area is 74.5 Å². The van der Waals surface area contributed by atoms with Crippen molar-refractivity contribution in [3.63, 3.8) is 0 Å². The summed E-state index contributed by atoms with van der Waals surface area (Å²) >= 11 is 0. The molecule has 0 saturated carbocycles. The highest BCUT2D eigenvalue weighted by atomic mass is 16.5. The zero-order chi connectivity index (χ0) is 8.97. The topological polar surface area (TPSA) is 12.5 Å². The molecule has 0 aromatic rings. The maximum Gasteiger partial charge on any atom is 0.100 e. The van der Waals surface area contributed by atoms with Crippen LogP contribution in [0.15, 0.2) is 23.5 Å². The van der Waals surface area contributed by atoms with E-state index >= 15 is 0 Å². The van der Waals surface area contributed by atoms with Gasteiger partial charge in [0.2, 0.25) is 0 Å². The van der Waals surface area contributed by atoms with Crippen LogP contribution in [0.5, 0.6) is 0 Å². The van der Waals surface area contributed by atoms with Crippen LogP contribution in [0.4, 0.5) is 0 Å². The summed E-state index contributed by atoms with van der Waals surface area (Å²) in [6.07, 6.45) is 6.54. The number of ether oxygens (including phenoxy) is 1. The molecule has 0 aliphatic heterocycles. The van der Waals surface area contributed by atoms with E-state index in [0.29, 0.717) is 0 Å². The molecule has 0 unspecified atom stereocenters. The lowest BCUT2D eigenvalue weighted by Gasteiger charge is -2.17. The third-order valence-electron chi connectivity index (χ3n) is 1.95. The standard InChI is InChI=1S/C10H17NO/c1-11(2)8-9-6-4-5-7-10(9)12-3/h4,6H,5,7-8H2,1-3H3. The Hall–Kier alpha value is -0.760. The number of methoxy groups -OCH3 is 1. The van der Waals surface area contributed by atoms with Crippen molar-refractivity contribution in [3.05, 3.63) is 23.5 Å². The average Bonchev–Trinajstić information content (AvgIpc) is 2.04. The third-order valence-corrected chi connectivity index (χ3v) is 1.95. The second-order valence-electron chi connectivity index (χ2n) is 3.33. The Kier molecular flexibility index (Phi) is 3.35. The molecule has 0 aromatic heterocycles. The van der Waals surface area contributed by atoms with Crippen LogP contribution in [0, 0.1) is 0 Å². The summed E-state index contributed by atoms with van der Waals surface area (Å²) in [6, 6.07) is 0. The first-order valence-corrected chi connectivity index (χ1v) is 4.31. The van der Waals surface area contributed by atoms with Crippen molar-refractivity contribution < 1.29 is 4.74 Å². The molecule has 1 aliphatic carbocycles. The number of hydrogen-bond acceptors (Lipinski definition) is 2. The van der Waals surface area contributed by atoms with Gasteiger partial charge in [0.05, 0.1) is 7.11 Å². The minimum Gasteiger partial charge on any atom is -0.501 e. The first-order valence-electron chi connectivity index (χ1n) is 4.31. The van der Waals surface area contributed by atoms with E-state index in [-0.39, 0.29) is 0 Å². The van der Waals surface area contributed by atoms with Gasteiger partial charge in [0.15, 0.2) is 0 Å². The number of hydrogen-bond donors (Lipinski definition) is 0. The molecule has 2 nitrogen and oxygen atoms in total. The summed E-state index contributed by atoms with van der Waals surface area (Å²) in [5, 5.41) is 0. The molecule has 0 atom stereocenters. The van der Waals surface area contributed by atoms with Crippen LogP contribution >= 0.6 is 0 Å². The van der Waals surface area contributed by atoms with Crippen LogP contribution in [-0.4, -0.2) is 32.6 Å². The van der Waals surface area contributed by atoms with E-state index in [9.17, 15) is 0 Å². The molecule has 0 N–H and O–H groups in total. The second kappa shape index (κ2) is 4.31.